The molecule has 0 spiro atoms. The molecule has 0 radical (unpaired) electrons. The molecule has 0 aromatic heterocycles. The first kappa shape index (κ1) is 15.8. The number of hydrogen-bond acceptors (Lipinski definition) is 4. The second-order valence-corrected chi connectivity index (χ2v) is 5.64. The van der Waals surface area contributed by atoms with Gasteiger partial charge in [-0.1, -0.05) is 0 Å². The summed E-state index contributed by atoms with van der Waals surface area (Å²) in [5, 5.41) is 9.19. The zero-order chi connectivity index (χ0) is 15.4. The number of ether oxygens (including phenoxy) is 2. The Kier molecular flexibility index (Phi) is 5.20. The maximum absolute atomic E-state index is 12.6. The molecule has 0 bridgehead atoms. The molecule has 0 saturated carbocycles. The Bertz CT molecular complexity index is 472. The first-order valence-corrected chi connectivity index (χ1v) is 7.31. The van der Waals surface area contributed by atoms with E-state index >= 15 is 0 Å². The van der Waals surface area contributed by atoms with Crippen molar-refractivity contribution >= 4 is 5.91 Å². The molecule has 1 aliphatic heterocycles. The molecule has 1 aromatic carbocycles. The van der Waals surface area contributed by atoms with Crippen molar-refractivity contribution in [1.82, 2.24) is 4.90 Å². The molecule has 1 heterocycles. The van der Waals surface area contributed by atoms with Crippen LogP contribution in [0.1, 0.15) is 31.1 Å². The average molecular weight is 293 g/mol. The van der Waals surface area contributed by atoms with E-state index in [1.165, 1.54) is 0 Å². The third kappa shape index (κ3) is 3.95. The molecule has 2 atom stereocenters. The van der Waals surface area contributed by atoms with Crippen molar-refractivity contribution in [3.05, 3.63) is 29.8 Å². The summed E-state index contributed by atoms with van der Waals surface area (Å²) in [7, 11) is 0. The Hall–Kier alpha value is -1.59. The van der Waals surface area contributed by atoms with E-state index < -0.39 is 0 Å². The minimum Gasteiger partial charge on any atom is -0.491 e. The number of morpholine rings is 1. The van der Waals surface area contributed by atoms with Crippen LogP contribution in [0.3, 0.4) is 0 Å². The largest absolute Gasteiger partial charge is 0.491 e. The predicted molar refractivity (Wildman–Crippen MR) is 79.5 cm³/mol. The number of amides is 1. The zero-order valence-corrected chi connectivity index (χ0v) is 12.8. The van der Waals surface area contributed by atoms with Gasteiger partial charge in [-0.05, 0) is 45.0 Å². The van der Waals surface area contributed by atoms with Crippen LogP contribution in [0.15, 0.2) is 24.3 Å². The maximum Gasteiger partial charge on any atom is 0.254 e. The summed E-state index contributed by atoms with van der Waals surface area (Å²) in [6.07, 6.45) is -0.190. The van der Waals surface area contributed by atoms with Crippen molar-refractivity contribution < 1.29 is 19.4 Å². The summed E-state index contributed by atoms with van der Waals surface area (Å²) in [4.78, 5) is 14.3. The fourth-order valence-corrected chi connectivity index (χ4v) is 2.32. The van der Waals surface area contributed by atoms with Gasteiger partial charge in [-0.2, -0.15) is 0 Å². The van der Waals surface area contributed by atoms with Crippen molar-refractivity contribution in [3.8, 4) is 5.75 Å². The molecule has 1 aliphatic rings. The summed E-state index contributed by atoms with van der Waals surface area (Å²) in [5.74, 6) is 0.713. The van der Waals surface area contributed by atoms with Crippen molar-refractivity contribution in [2.24, 2.45) is 0 Å². The van der Waals surface area contributed by atoms with Crippen LogP contribution in [0, 0.1) is 0 Å². The van der Waals surface area contributed by atoms with Crippen LogP contribution in [0.2, 0.25) is 0 Å². The van der Waals surface area contributed by atoms with Crippen LogP contribution in [0.4, 0.5) is 0 Å². The normalized spacial score (nSPS) is 22.4. The number of rotatable bonds is 4. The molecular weight excluding hydrogens is 270 g/mol. The van der Waals surface area contributed by atoms with E-state index in [-0.39, 0.29) is 30.8 Å². The summed E-state index contributed by atoms with van der Waals surface area (Å²) < 4.78 is 11.0. The molecule has 1 fully saturated rings. The minimum absolute atomic E-state index is 0.00638. The lowest BCUT2D eigenvalue weighted by atomic mass is 10.1. The second-order valence-electron chi connectivity index (χ2n) is 5.64. The van der Waals surface area contributed by atoms with E-state index in [1.807, 2.05) is 32.9 Å². The first-order valence-electron chi connectivity index (χ1n) is 7.31. The lowest BCUT2D eigenvalue weighted by molar-refractivity contribution is -0.0667. The third-order valence-corrected chi connectivity index (χ3v) is 3.44. The van der Waals surface area contributed by atoms with Crippen LogP contribution in [0.5, 0.6) is 5.75 Å². The maximum atomic E-state index is 12.6. The smallest absolute Gasteiger partial charge is 0.254 e. The molecular formula is C16H23NO4. The highest BCUT2D eigenvalue weighted by molar-refractivity contribution is 5.94. The van der Waals surface area contributed by atoms with E-state index in [0.717, 1.165) is 5.75 Å². The third-order valence-electron chi connectivity index (χ3n) is 3.44. The van der Waals surface area contributed by atoms with Crippen LogP contribution in [-0.2, 0) is 4.74 Å². The highest BCUT2D eigenvalue weighted by atomic mass is 16.5. The fraction of sp³-hybridized carbons (Fsp3) is 0.562. The van der Waals surface area contributed by atoms with Crippen molar-refractivity contribution in [2.45, 2.75) is 39.0 Å². The van der Waals surface area contributed by atoms with Gasteiger partial charge in [0.1, 0.15) is 5.75 Å². The second kappa shape index (κ2) is 6.91. The van der Waals surface area contributed by atoms with Crippen LogP contribution < -0.4 is 4.74 Å². The average Bonchev–Trinajstić information content (AvgIpc) is 2.47. The summed E-state index contributed by atoms with van der Waals surface area (Å²) in [5.41, 5.74) is 0.622. The van der Waals surface area contributed by atoms with Gasteiger partial charge in [0.2, 0.25) is 0 Å². The fourth-order valence-electron chi connectivity index (χ4n) is 2.32. The number of carbonyl (C=O) groups excluding carboxylic acids is 1. The van der Waals surface area contributed by atoms with Crippen LogP contribution in [0.25, 0.3) is 0 Å². The Morgan fingerprint density at radius 3 is 2.67 bits per heavy atom. The lowest BCUT2D eigenvalue weighted by Gasteiger charge is -2.37. The summed E-state index contributed by atoms with van der Waals surface area (Å²) in [6.45, 7) is 6.67. The topological polar surface area (TPSA) is 59.0 Å². The van der Waals surface area contributed by atoms with Crippen LogP contribution >= 0.6 is 0 Å². The number of aliphatic hydroxyl groups excluding tert-OH is 1. The monoisotopic (exact) mass is 293 g/mol. The molecule has 1 aromatic rings. The van der Waals surface area contributed by atoms with Gasteiger partial charge in [-0.15, -0.1) is 0 Å². The number of carbonyl (C=O) groups is 1. The Morgan fingerprint density at radius 1 is 1.43 bits per heavy atom. The van der Waals surface area contributed by atoms with Gasteiger partial charge in [0, 0.05) is 12.1 Å². The van der Waals surface area contributed by atoms with Gasteiger partial charge in [0.05, 0.1) is 31.5 Å². The minimum atomic E-state index is -0.298. The number of aliphatic hydroxyl groups is 1. The lowest BCUT2D eigenvalue weighted by Crippen LogP contribution is -2.52. The Morgan fingerprint density at radius 2 is 2.10 bits per heavy atom. The highest BCUT2D eigenvalue weighted by Gasteiger charge is 2.29. The van der Waals surface area contributed by atoms with E-state index in [1.54, 1.807) is 17.0 Å². The molecule has 21 heavy (non-hydrogen) atoms. The van der Waals surface area contributed by atoms with Gasteiger partial charge < -0.3 is 19.5 Å². The van der Waals surface area contributed by atoms with E-state index in [4.69, 9.17) is 9.47 Å². The van der Waals surface area contributed by atoms with E-state index in [9.17, 15) is 9.90 Å². The number of benzene rings is 1. The molecule has 1 amide bonds. The standard InChI is InChI=1S/C16H23NO4/c1-11(2)21-14-6-4-13(5-7-14)16(19)17-8-15(9-18)20-10-12(17)3/h4-7,11-12,15,18H,8-10H2,1-3H3. The van der Waals surface area contributed by atoms with Crippen LogP contribution in [-0.4, -0.2) is 53.9 Å². The summed E-state index contributed by atoms with van der Waals surface area (Å²) in [6, 6.07) is 7.17. The molecule has 116 valence electrons. The van der Waals surface area contributed by atoms with Crippen molar-refractivity contribution in [2.75, 3.05) is 19.8 Å². The predicted octanol–water partition coefficient (Wildman–Crippen LogP) is 1.70. The molecule has 5 heteroatoms. The van der Waals surface area contributed by atoms with Gasteiger partial charge in [-0.3, -0.25) is 4.79 Å². The summed E-state index contributed by atoms with van der Waals surface area (Å²) >= 11 is 0. The van der Waals surface area contributed by atoms with E-state index in [0.29, 0.717) is 18.7 Å². The zero-order valence-electron chi connectivity index (χ0n) is 12.8. The quantitative estimate of drug-likeness (QED) is 0.918. The molecule has 2 rings (SSSR count). The SMILES string of the molecule is CC(C)Oc1ccc(C(=O)N2CC(CO)OCC2C)cc1. The van der Waals surface area contributed by atoms with E-state index in [2.05, 4.69) is 0 Å². The number of hydrogen-bond donors (Lipinski definition) is 1. The Balaban J connectivity index is 2.07. The van der Waals surface area contributed by atoms with Crippen molar-refractivity contribution in [3.63, 3.8) is 0 Å². The molecule has 2 unspecified atom stereocenters. The van der Waals surface area contributed by atoms with Gasteiger partial charge >= 0.3 is 0 Å². The van der Waals surface area contributed by atoms with Gasteiger partial charge in [-0.25, -0.2) is 0 Å². The first-order chi connectivity index (χ1) is 10.0. The van der Waals surface area contributed by atoms with Crippen molar-refractivity contribution in [1.29, 1.82) is 0 Å². The molecule has 1 saturated heterocycles. The number of nitrogens with zero attached hydrogens (tertiary/aromatic N) is 1. The molecule has 1 N–H and O–H groups in total. The molecule has 0 aliphatic carbocycles. The van der Waals surface area contributed by atoms with Gasteiger partial charge in [0.25, 0.3) is 5.91 Å². The Labute approximate surface area is 125 Å². The van der Waals surface area contributed by atoms with Gasteiger partial charge in [0.15, 0.2) is 0 Å². The highest BCUT2D eigenvalue weighted by Crippen LogP contribution is 2.18. The molecule has 5 nitrogen and oxygen atoms in total.